The van der Waals surface area contributed by atoms with Crippen LogP contribution in [0.2, 0.25) is 0 Å². The molecule has 106 valence electrons. The van der Waals surface area contributed by atoms with Crippen LogP contribution < -0.4 is 9.47 Å². The van der Waals surface area contributed by atoms with E-state index in [0.29, 0.717) is 12.8 Å². The molecule has 0 N–H and O–H groups in total. The Kier molecular flexibility index (Phi) is 4.70. The van der Waals surface area contributed by atoms with Gasteiger partial charge < -0.3 is 14.4 Å². The molecule has 1 heterocycles. The number of fused-ring (bicyclic) bond motifs is 1. The van der Waals surface area contributed by atoms with Crippen LogP contribution in [0.25, 0.3) is 0 Å². The third-order valence-electron chi connectivity index (χ3n) is 3.78. The van der Waals surface area contributed by atoms with Crippen LogP contribution in [0.4, 0.5) is 0 Å². The first-order chi connectivity index (χ1) is 9.06. The van der Waals surface area contributed by atoms with Gasteiger partial charge in [-0.1, -0.05) is 19.9 Å². The number of likely N-dealkylation sites (N-methyl/N-ethyl adjacent to an activating group) is 1. The van der Waals surface area contributed by atoms with E-state index in [1.54, 1.807) is 0 Å². The molecule has 2 rings (SSSR count). The van der Waals surface area contributed by atoms with Crippen molar-refractivity contribution in [1.82, 2.24) is 4.90 Å². The maximum absolute atomic E-state index is 5.42. The van der Waals surface area contributed by atoms with Gasteiger partial charge in [0.15, 0.2) is 11.5 Å². The summed E-state index contributed by atoms with van der Waals surface area (Å²) >= 11 is 0. The maximum Gasteiger partial charge on any atom is 0.231 e. The predicted molar refractivity (Wildman–Crippen MR) is 77.8 cm³/mol. The zero-order chi connectivity index (χ0) is 13.8. The van der Waals surface area contributed by atoms with Gasteiger partial charge >= 0.3 is 0 Å². The van der Waals surface area contributed by atoms with Crippen LogP contribution in [0.3, 0.4) is 0 Å². The zero-order valence-corrected chi connectivity index (χ0v) is 12.5. The monoisotopic (exact) mass is 263 g/mol. The first-order valence-corrected chi connectivity index (χ1v) is 7.15. The topological polar surface area (TPSA) is 21.7 Å². The lowest BCUT2D eigenvalue weighted by atomic mass is 10.0. The normalized spacial score (nSPS) is 15.3. The summed E-state index contributed by atoms with van der Waals surface area (Å²) in [6.07, 6.45) is 2.30. The Balaban J connectivity index is 1.89. The molecule has 0 aliphatic carbocycles. The van der Waals surface area contributed by atoms with Gasteiger partial charge in [0.05, 0.1) is 0 Å². The molecule has 0 saturated heterocycles. The molecule has 1 atom stereocenters. The Labute approximate surface area is 116 Å². The van der Waals surface area contributed by atoms with Crippen molar-refractivity contribution in [3.8, 4) is 11.5 Å². The molecule has 1 aliphatic rings. The van der Waals surface area contributed by atoms with Crippen molar-refractivity contribution in [2.75, 3.05) is 20.4 Å². The smallest absolute Gasteiger partial charge is 0.231 e. The van der Waals surface area contributed by atoms with Crippen molar-refractivity contribution in [3.05, 3.63) is 23.8 Å². The zero-order valence-electron chi connectivity index (χ0n) is 12.5. The van der Waals surface area contributed by atoms with Crippen molar-refractivity contribution >= 4 is 0 Å². The van der Waals surface area contributed by atoms with E-state index in [1.807, 2.05) is 6.07 Å². The quantitative estimate of drug-likeness (QED) is 0.786. The molecule has 0 bridgehead atoms. The Bertz CT molecular complexity index is 417. The van der Waals surface area contributed by atoms with Gasteiger partial charge in [-0.2, -0.15) is 0 Å². The molecule has 0 spiro atoms. The van der Waals surface area contributed by atoms with Crippen molar-refractivity contribution in [2.24, 2.45) is 5.92 Å². The minimum absolute atomic E-state index is 0.350. The molecule has 0 fully saturated rings. The minimum atomic E-state index is 0.350. The van der Waals surface area contributed by atoms with Crippen LogP contribution in [0, 0.1) is 5.92 Å². The summed E-state index contributed by atoms with van der Waals surface area (Å²) in [5.74, 6) is 2.51. The molecule has 1 aliphatic heterocycles. The first-order valence-electron chi connectivity index (χ1n) is 7.15. The standard InChI is InChI=1S/C16H25NO2/c1-12(2)7-8-17(4)13(3)9-14-5-6-15-16(10-14)19-11-18-15/h5-6,10,12-13H,7-9,11H2,1-4H3. The minimum Gasteiger partial charge on any atom is -0.454 e. The summed E-state index contributed by atoms with van der Waals surface area (Å²) in [6.45, 7) is 8.34. The van der Waals surface area contributed by atoms with Crippen molar-refractivity contribution in [2.45, 2.75) is 39.7 Å². The van der Waals surface area contributed by atoms with E-state index in [-0.39, 0.29) is 0 Å². The van der Waals surface area contributed by atoms with Crippen LogP contribution in [0.1, 0.15) is 32.8 Å². The number of benzene rings is 1. The number of rotatable bonds is 6. The Morgan fingerprint density at radius 1 is 1.16 bits per heavy atom. The second-order valence-electron chi connectivity index (χ2n) is 5.90. The van der Waals surface area contributed by atoms with Gasteiger partial charge in [0.2, 0.25) is 6.79 Å². The van der Waals surface area contributed by atoms with Gasteiger partial charge in [-0.3, -0.25) is 0 Å². The second-order valence-corrected chi connectivity index (χ2v) is 5.90. The van der Waals surface area contributed by atoms with E-state index in [1.165, 1.54) is 12.0 Å². The Morgan fingerprint density at radius 3 is 2.63 bits per heavy atom. The second kappa shape index (κ2) is 6.29. The first kappa shape index (κ1) is 14.2. The SMILES string of the molecule is CC(C)CCN(C)C(C)Cc1ccc2c(c1)OCO2. The molecule has 0 aromatic heterocycles. The highest BCUT2D eigenvalue weighted by molar-refractivity contribution is 5.44. The van der Waals surface area contributed by atoms with Crippen LogP contribution in [-0.2, 0) is 6.42 Å². The number of hydrogen-bond acceptors (Lipinski definition) is 3. The van der Waals surface area contributed by atoms with Crippen LogP contribution in [0.5, 0.6) is 11.5 Å². The van der Waals surface area contributed by atoms with Crippen molar-refractivity contribution < 1.29 is 9.47 Å². The summed E-state index contributed by atoms with van der Waals surface area (Å²) < 4.78 is 10.8. The fourth-order valence-electron chi connectivity index (χ4n) is 2.25. The Hall–Kier alpha value is -1.22. The lowest BCUT2D eigenvalue weighted by Gasteiger charge is -2.25. The van der Waals surface area contributed by atoms with Crippen LogP contribution in [-0.4, -0.2) is 31.3 Å². The van der Waals surface area contributed by atoms with Crippen LogP contribution >= 0.6 is 0 Å². The van der Waals surface area contributed by atoms with Gasteiger partial charge in [0.25, 0.3) is 0 Å². The van der Waals surface area contributed by atoms with E-state index in [0.717, 1.165) is 30.4 Å². The molecule has 0 saturated carbocycles. The van der Waals surface area contributed by atoms with Gasteiger partial charge in [-0.25, -0.2) is 0 Å². The largest absolute Gasteiger partial charge is 0.454 e. The van der Waals surface area contributed by atoms with Crippen molar-refractivity contribution in [1.29, 1.82) is 0 Å². The van der Waals surface area contributed by atoms with E-state index in [9.17, 15) is 0 Å². The van der Waals surface area contributed by atoms with Gasteiger partial charge in [0, 0.05) is 6.04 Å². The molecule has 1 aromatic rings. The third-order valence-corrected chi connectivity index (χ3v) is 3.78. The summed E-state index contributed by atoms with van der Waals surface area (Å²) in [5, 5.41) is 0. The molecule has 1 unspecified atom stereocenters. The molecule has 19 heavy (non-hydrogen) atoms. The molecule has 0 amide bonds. The molecular weight excluding hydrogens is 238 g/mol. The van der Waals surface area contributed by atoms with E-state index in [2.05, 4.69) is 44.9 Å². The average Bonchev–Trinajstić information content (AvgIpc) is 2.83. The summed E-state index contributed by atoms with van der Waals surface area (Å²) in [4.78, 5) is 2.44. The fourth-order valence-corrected chi connectivity index (χ4v) is 2.25. The highest BCUT2D eigenvalue weighted by Gasteiger charge is 2.15. The molecular formula is C16H25NO2. The van der Waals surface area contributed by atoms with Gasteiger partial charge in [-0.15, -0.1) is 0 Å². The van der Waals surface area contributed by atoms with E-state index < -0.39 is 0 Å². The fraction of sp³-hybridized carbons (Fsp3) is 0.625. The predicted octanol–water partition coefficient (Wildman–Crippen LogP) is 3.32. The molecule has 0 radical (unpaired) electrons. The average molecular weight is 263 g/mol. The van der Waals surface area contributed by atoms with E-state index in [4.69, 9.17) is 9.47 Å². The lowest BCUT2D eigenvalue weighted by Crippen LogP contribution is -2.32. The highest BCUT2D eigenvalue weighted by Crippen LogP contribution is 2.32. The molecule has 3 nitrogen and oxygen atoms in total. The number of ether oxygens (including phenoxy) is 2. The maximum atomic E-state index is 5.42. The highest BCUT2D eigenvalue weighted by atomic mass is 16.7. The third kappa shape index (κ3) is 3.87. The van der Waals surface area contributed by atoms with E-state index >= 15 is 0 Å². The number of hydrogen-bond donors (Lipinski definition) is 0. The Morgan fingerprint density at radius 2 is 1.89 bits per heavy atom. The lowest BCUT2D eigenvalue weighted by molar-refractivity contribution is 0.174. The summed E-state index contributed by atoms with van der Waals surface area (Å²) in [7, 11) is 2.21. The molecule has 1 aromatic carbocycles. The van der Waals surface area contributed by atoms with Gasteiger partial charge in [-0.05, 0) is 57.0 Å². The number of nitrogens with zero attached hydrogens (tertiary/aromatic N) is 1. The summed E-state index contributed by atoms with van der Waals surface area (Å²) in [6, 6.07) is 6.80. The van der Waals surface area contributed by atoms with Gasteiger partial charge in [0.1, 0.15) is 0 Å². The summed E-state index contributed by atoms with van der Waals surface area (Å²) in [5.41, 5.74) is 1.31. The molecule has 3 heteroatoms. The van der Waals surface area contributed by atoms with Crippen molar-refractivity contribution in [3.63, 3.8) is 0 Å². The van der Waals surface area contributed by atoms with Crippen LogP contribution in [0.15, 0.2) is 18.2 Å².